The van der Waals surface area contributed by atoms with E-state index < -0.39 is 6.10 Å². The number of rotatable bonds is 1. The van der Waals surface area contributed by atoms with Gasteiger partial charge in [-0.2, -0.15) is 0 Å². The first kappa shape index (κ1) is 12.5. The number of aryl methyl sites for hydroxylation is 1. The van der Waals surface area contributed by atoms with E-state index in [1.54, 1.807) is 31.2 Å². The lowest BCUT2D eigenvalue weighted by molar-refractivity contribution is 0.0845. The highest BCUT2D eigenvalue weighted by molar-refractivity contribution is 6.02. The first-order chi connectivity index (χ1) is 9.56. The normalized spacial score (nSPS) is 17.4. The number of benzene rings is 2. The van der Waals surface area contributed by atoms with Crippen LogP contribution >= 0.6 is 0 Å². The Labute approximate surface area is 116 Å². The van der Waals surface area contributed by atoms with E-state index >= 15 is 0 Å². The number of hydrogen-bond acceptors (Lipinski definition) is 4. The molecule has 2 N–H and O–H groups in total. The molecule has 0 radical (unpaired) electrons. The Morgan fingerprint density at radius 2 is 1.95 bits per heavy atom. The molecule has 0 aliphatic carbocycles. The van der Waals surface area contributed by atoms with Crippen LogP contribution < -0.4 is 4.74 Å². The third kappa shape index (κ3) is 1.99. The average Bonchev–Trinajstić information content (AvgIpc) is 2.41. The SMILES string of the molecule is Cc1ccc(C2CC(=O)c3c(O)cccc3O2)cc1O. The van der Waals surface area contributed by atoms with Crippen LogP contribution in [-0.4, -0.2) is 16.0 Å². The standard InChI is InChI=1S/C16H14O4/c1-9-5-6-10(7-12(9)18)15-8-13(19)16-11(17)3-2-4-14(16)20-15/h2-7,15,17-18H,8H2,1H3. The summed E-state index contributed by atoms with van der Waals surface area (Å²) in [5, 5.41) is 19.5. The molecule has 1 heterocycles. The van der Waals surface area contributed by atoms with Gasteiger partial charge in [0.25, 0.3) is 0 Å². The van der Waals surface area contributed by atoms with Crippen molar-refractivity contribution in [3.05, 3.63) is 53.1 Å². The summed E-state index contributed by atoms with van der Waals surface area (Å²) < 4.78 is 5.77. The van der Waals surface area contributed by atoms with Crippen LogP contribution in [0.1, 0.15) is 34.0 Å². The molecule has 20 heavy (non-hydrogen) atoms. The molecule has 3 rings (SSSR count). The third-order valence-corrected chi connectivity index (χ3v) is 3.53. The van der Waals surface area contributed by atoms with Gasteiger partial charge in [0, 0.05) is 0 Å². The second-order valence-corrected chi connectivity index (χ2v) is 4.93. The molecule has 0 saturated heterocycles. The Kier molecular flexibility index (Phi) is 2.86. The fourth-order valence-electron chi connectivity index (χ4n) is 2.38. The average molecular weight is 270 g/mol. The molecular formula is C16H14O4. The predicted molar refractivity (Wildman–Crippen MR) is 73.3 cm³/mol. The molecule has 0 fully saturated rings. The largest absolute Gasteiger partial charge is 0.508 e. The maximum absolute atomic E-state index is 12.1. The van der Waals surface area contributed by atoms with Crippen molar-refractivity contribution in [1.82, 2.24) is 0 Å². The van der Waals surface area contributed by atoms with Crippen molar-refractivity contribution in [3.63, 3.8) is 0 Å². The van der Waals surface area contributed by atoms with Gasteiger partial charge in [0.1, 0.15) is 28.9 Å². The first-order valence-corrected chi connectivity index (χ1v) is 6.37. The molecule has 102 valence electrons. The molecule has 1 aliphatic rings. The summed E-state index contributed by atoms with van der Waals surface area (Å²) in [4.78, 5) is 12.1. The van der Waals surface area contributed by atoms with Crippen LogP contribution in [0.5, 0.6) is 17.2 Å². The molecule has 4 heteroatoms. The van der Waals surface area contributed by atoms with E-state index in [-0.39, 0.29) is 29.3 Å². The number of ketones is 1. The van der Waals surface area contributed by atoms with Crippen molar-refractivity contribution in [2.24, 2.45) is 0 Å². The summed E-state index contributed by atoms with van der Waals surface area (Å²) in [5.74, 6) is 0.346. The molecule has 1 aliphatic heterocycles. The number of hydrogen-bond donors (Lipinski definition) is 2. The number of phenols is 2. The number of ether oxygens (including phenoxy) is 1. The van der Waals surface area contributed by atoms with Gasteiger partial charge in [-0.3, -0.25) is 4.79 Å². The number of Topliss-reactive ketones (excluding diaryl/α,β-unsaturated/α-hetero) is 1. The number of phenolic OH excluding ortho intramolecular Hbond substituents is 2. The minimum Gasteiger partial charge on any atom is -0.508 e. The fourth-order valence-corrected chi connectivity index (χ4v) is 2.38. The lowest BCUT2D eigenvalue weighted by atomic mass is 9.95. The number of carbonyl (C=O) groups excluding carboxylic acids is 1. The Hall–Kier alpha value is -2.49. The minimum absolute atomic E-state index is 0.0577. The lowest BCUT2D eigenvalue weighted by Gasteiger charge is -2.26. The van der Waals surface area contributed by atoms with Gasteiger partial charge in [-0.1, -0.05) is 18.2 Å². The summed E-state index contributed by atoms with van der Waals surface area (Å²) in [6.45, 7) is 1.80. The summed E-state index contributed by atoms with van der Waals surface area (Å²) >= 11 is 0. The second-order valence-electron chi connectivity index (χ2n) is 4.93. The van der Waals surface area contributed by atoms with Crippen LogP contribution in [0.3, 0.4) is 0 Å². The topological polar surface area (TPSA) is 66.8 Å². The van der Waals surface area contributed by atoms with Gasteiger partial charge in [0.2, 0.25) is 0 Å². The van der Waals surface area contributed by atoms with Crippen LogP contribution in [0.2, 0.25) is 0 Å². The quantitative estimate of drug-likeness (QED) is 0.835. The molecule has 1 unspecified atom stereocenters. The predicted octanol–water partition coefficient (Wildman–Crippen LogP) is 3.11. The highest BCUT2D eigenvalue weighted by Gasteiger charge is 2.30. The van der Waals surface area contributed by atoms with Gasteiger partial charge >= 0.3 is 0 Å². The zero-order valence-corrected chi connectivity index (χ0v) is 11.0. The van der Waals surface area contributed by atoms with E-state index in [2.05, 4.69) is 0 Å². The molecule has 0 spiro atoms. The molecule has 4 nitrogen and oxygen atoms in total. The van der Waals surface area contributed by atoms with E-state index in [1.165, 1.54) is 6.07 Å². The van der Waals surface area contributed by atoms with Crippen molar-refractivity contribution >= 4 is 5.78 Å². The Balaban J connectivity index is 1.99. The lowest BCUT2D eigenvalue weighted by Crippen LogP contribution is -2.20. The highest BCUT2D eigenvalue weighted by Crippen LogP contribution is 2.39. The Morgan fingerprint density at radius 3 is 2.70 bits per heavy atom. The molecule has 2 aromatic carbocycles. The van der Waals surface area contributed by atoms with Gasteiger partial charge in [-0.05, 0) is 36.2 Å². The fraction of sp³-hybridized carbons (Fsp3) is 0.188. The molecule has 0 aromatic heterocycles. The molecule has 1 atom stereocenters. The molecule has 0 amide bonds. The summed E-state index contributed by atoms with van der Waals surface area (Å²) in [5.41, 5.74) is 1.75. The van der Waals surface area contributed by atoms with Gasteiger partial charge in [0.05, 0.1) is 6.42 Å². The number of fused-ring (bicyclic) bond motifs is 1. The minimum atomic E-state index is -0.441. The van der Waals surface area contributed by atoms with Gasteiger partial charge in [0.15, 0.2) is 5.78 Å². The van der Waals surface area contributed by atoms with Gasteiger partial charge < -0.3 is 14.9 Å². The molecular weight excluding hydrogens is 256 g/mol. The molecule has 0 bridgehead atoms. The summed E-state index contributed by atoms with van der Waals surface area (Å²) in [6, 6.07) is 10.0. The zero-order chi connectivity index (χ0) is 14.3. The van der Waals surface area contributed by atoms with Crippen molar-refractivity contribution in [1.29, 1.82) is 0 Å². The Morgan fingerprint density at radius 1 is 1.15 bits per heavy atom. The van der Waals surface area contributed by atoms with E-state index in [9.17, 15) is 15.0 Å². The summed E-state index contributed by atoms with van der Waals surface area (Å²) in [7, 11) is 0. The molecule has 0 saturated carbocycles. The van der Waals surface area contributed by atoms with Crippen LogP contribution in [0.15, 0.2) is 36.4 Å². The maximum Gasteiger partial charge on any atom is 0.174 e. The Bertz CT molecular complexity index is 691. The van der Waals surface area contributed by atoms with Crippen LogP contribution in [0.25, 0.3) is 0 Å². The number of carbonyl (C=O) groups is 1. The maximum atomic E-state index is 12.1. The highest BCUT2D eigenvalue weighted by atomic mass is 16.5. The number of aromatic hydroxyl groups is 2. The third-order valence-electron chi connectivity index (χ3n) is 3.53. The van der Waals surface area contributed by atoms with Crippen LogP contribution in [-0.2, 0) is 0 Å². The van der Waals surface area contributed by atoms with Crippen molar-refractivity contribution in [3.8, 4) is 17.2 Å². The first-order valence-electron chi connectivity index (χ1n) is 6.37. The second kappa shape index (κ2) is 4.56. The van der Waals surface area contributed by atoms with Crippen molar-refractivity contribution in [2.45, 2.75) is 19.4 Å². The van der Waals surface area contributed by atoms with Crippen molar-refractivity contribution < 1.29 is 19.7 Å². The van der Waals surface area contributed by atoms with E-state index in [4.69, 9.17) is 4.74 Å². The van der Waals surface area contributed by atoms with E-state index in [1.807, 2.05) is 6.07 Å². The van der Waals surface area contributed by atoms with Crippen molar-refractivity contribution in [2.75, 3.05) is 0 Å². The van der Waals surface area contributed by atoms with Gasteiger partial charge in [-0.25, -0.2) is 0 Å². The summed E-state index contributed by atoms with van der Waals surface area (Å²) in [6.07, 6.45) is -0.295. The van der Waals surface area contributed by atoms with Gasteiger partial charge in [-0.15, -0.1) is 0 Å². The van der Waals surface area contributed by atoms with Crippen LogP contribution in [0, 0.1) is 6.92 Å². The molecule has 2 aromatic rings. The van der Waals surface area contributed by atoms with Crippen LogP contribution in [0.4, 0.5) is 0 Å². The monoisotopic (exact) mass is 270 g/mol. The van der Waals surface area contributed by atoms with E-state index in [0.29, 0.717) is 5.75 Å². The zero-order valence-electron chi connectivity index (χ0n) is 11.0. The smallest absolute Gasteiger partial charge is 0.174 e. The van der Waals surface area contributed by atoms with E-state index in [0.717, 1.165) is 11.1 Å².